The quantitative estimate of drug-likeness (QED) is 0.668. The van der Waals surface area contributed by atoms with Gasteiger partial charge in [0.25, 0.3) is 0 Å². The van der Waals surface area contributed by atoms with Crippen molar-refractivity contribution < 1.29 is 0 Å². The van der Waals surface area contributed by atoms with Crippen LogP contribution in [-0.4, -0.2) is 4.98 Å². The van der Waals surface area contributed by atoms with Crippen LogP contribution < -0.4 is 0 Å². The summed E-state index contributed by atoms with van der Waals surface area (Å²) in [6, 6.07) is 3.95. The molecule has 0 fully saturated rings. The lowest BCUT2D eigenvalue weighted by Gasteiger charge is -2.01. The van der Waals surface area contributed by atoms with E-state index in [2.05, 4.69) is 18.1 Å². The molecular formula is C14H15N. The van der Waals surface area contributed by atoms with Crippen molar-refractivity contribution in [3.8, 4) is 0 Å². The summed E-state index contributed by atoms with van der Waals surface area (Å²) in [6.07, 6.45) is 11.4. The first-order chi connectivity index (χ1) is 7.31. The molecule has 1 aromatic heterocycles. The maximum atomic E-state index is 4.24. The van der Waals surface area contributed by atoms with Gasteiger partial charge in [0.2, 0.25) is 0 Å². The predicted octanol–water partition coefficient (Wildman–Crippen LogP) is 3.87. The molecular weight excluding hydrogens is 182 g/mol. The molecule has 76 valence electrons. The van der Waals surface area contributed by atoms with Crippen LogP contribution in [0.25, 0.3) is 11.6 Å². The monoisotopic (exact) mass is 197 g/mol. The van der Waals surface area contributed by atoms with Crippen molar-refractivity contribution in [2.45, 2.75) is 6.92 Å². The molecule has 0 amide bonds. The van der Waals surface area contributed by atoms with Gasteiger partial charge in [0.1, 0.15) is 0 Å². The van der Waals surface area contributed by atoms with Crippen LogP contribution in [0.5, 0.6) is 0 Å². The molecule has 1 heterocycles. The lowest BCUT2D eigenvalue weighted by Crippen LogP contribution is -1.85. The molecule has 1 nitrogen and oxygen atoms in total. The Hall–Kier alpha value is -1.89. The van der Waals surface area contributed by atoms with E-state index in [-0.39, 0.29) is 0 Å². The summed E-state index contributed by atoms with van der Waals surface area (Å²) >= 11 is 0. The van der Waals surface area contributed by atoms with E-state index in [9.17, 15) is 0 Å². The van der Waals surface area contributed by atoms with Crippen molar-refractivity contribution in [3.63, 3.8) is 0 Å². The first-order valence-electron chi connectivity index (χ1n) is 4.86. The Bertz CT molecular complexity index is 394. The number of rotatable bonds is 4. The lowest BCUT2D eigenvalue weighted by atomic mass is 10.1. The smallest absolute Gasteiger partial charge is 0.0624 e. The average Bonchev–Trinajstić information content (AvgIpc) is 2.31. The van der Waals surface area contributed by atoms with Crippen LogP contribution in [0, 0.1) is 0 Å². The van der Waals surface area contributed by atoms with Crippen LogP contribution in [0.1, 0.15) is 18.2 Å². The van der Waals surface area contributed by atoms with E-state index in [4.69, 9.17) is 0 Å². The van der Waals surface area contributed by atoms with Crippen LogP contribution in [0.15, 0.2) is 55.8 Å². The highest BCUT2D eigenvalue weighted by molar-refractivity contribution is 5.74. The average molecular weight is 197 g/mol. The predicted molar refractivity (Wildman–Crippen MR) is 67.3 cm³/mol. The molecule has 0 saturated heterocycles. The topological polar surface area (TPSA) is 12.9 Å². The van der Waals surface area contributed by atoms with Gasteiger partial charge >= 0.3 is 0 Å². The molecule has 0 aromatic carbocycles. The number of allylic oxidation sites excluding steroid dienone is 5. The van der Waals surface area contributed by atoms with Crippen LogP contribution in [0.4, 0.5) is 0 Å². The highest BCUT2D eigenvalue weighted by Crippen LogP contribution is 2.15. The van der Waals surface area contributed by atoms with Gasteiger partial charge < -0.3 is 0 Å². The fourth-order valence-electron chi connectivity index (χ4n) is 1.18. The van der Waals surface area contributed by atoms with Gasteiger partial charge in [0.15, 0.2) is 0 Å². The van der Waals surface area contributed by atoms with Gasteiger partial charge in [-0.2, -0.15) is 0 Å². The summed E-state index contributed by atoms with van der Waals surface area (Å²) in [6.45, 7) is 9.43. The Morgan fingerprint density at radius 1 is 1.33 bits per heavy atom. The summed E-state index contributed by atoms with van der Waals surface area (Å²) in [7, 11) is 0. The molecule has 1 aromatic rings. The molecule has 0 aliphatic rings. The van der Waals surface area contributed by atoms with Crippen LogP contribution >= 0.6 is 0 Å². The van der Waals surface area contributed by atoms with Gasteiger partial charge in [-0.15, -0.1) is 0 Å². The molecule has 0 N–H and O–H groups in total. The fraction of sp³-hybridized carbons (Fsp3) is 0.0714. The second-order valence-corrected chi connectivity index (χ2v) is 3.03. The van der Waals surface area contributed by atoms with E-state index >= 15 is 0 Å². The SMILES string of the molecule is C=C/C(=C\C=C/C)c1ccc(C=C)nc1. The Kier molecular flexibility index (Phi) is 4.30. The van der Waals surface area contributed by atoms with Gasteiger partial charge in [-0.3, -0.25) is 4.98 Å². The van der Waals surface area contributed by atoms with Crippen LogP contribution in [0.3, 0.4) is 0 Å². The van der Waals surface area contributed by atoms with Gasteiger partial charge in [-0.1, -0.05) is 43.5 Å². The highest BCUT2D eigenvalue weighted by Gasteiger charge is 1.96. The largest absolute Gasteiger partial charge is 0.256 e. The molecule has 0 atom stereocenters. The zero-order chi connectivity index (χ0) is 11.1. The van der Waals surface area contributed by atoms with Crippen molar-refractivity contribution in [1.29, 1.82) is 0 Å². The van der Waals surface area contributed by atoms with Crippen molar-refractivity contribution in [2.75, 3.05) is 0 Å². The molecule has 0 bridgehead atoms. The summed E-state index contributed by atoms with van der Waals surface area (Å²) in [5.74, 6) is 0. The van der Waals surface area contributed by atoms with E-state index in [1.165, 1.54) is 0 Å². The molecule has 0 aliphatic heterocycles. The number of aromatic nitrogens is 1. The van der Waals surface area contributed by atoms with E-state index < -0.39 is 0 Å². The Labute approximate surface area is 91.2 Å². The second kappa shape index (κ2) is 5.76. The molecule has 1 heteroatoms. The molecule has 15 heavy (non-hydrogen) atoms. The van der Waals surface area contributed by atoms with Gasteiger partial charge in [-0.25, -0.2) is 0 Å². The zero-order valence-electron chi connectivity index (χ0n) is 8.98. The molecule has 0 spiro atoms. The minimum absolute atomic E-state index is 0.883. The van der Waals surface area contributed by atoms with E-state index in [1.807, 2.05) is 49.6 Å². The summed E-state index contributed by atoms with van der Waals surface area (Å²) in [5, 5.41) is 0. The maximum absolute atomic E-state index is 4.24. The normalized spacial score (nSPS) is 11.7. The van der Waals surface area contributed by atoms with Crippen molar-refractivity contribution in [2.24, 2.45) is 0 Å². The van der Waals surface area contributed by atoms with Crippen LogP contribution in [-0.2, 0) is 0 Å². The Morgan fingerprint density at radius 2 is 2.13 bits per heavy atom. The van der Waals surface area contributed by atoms with E-state index in [1.54, 1.807) is 6.08 Å². The third-order valence-corrected chi connectivity index (χ3v) is 2.02. The summed E-state index contributed by atoms with van der Waals surface area (Å²) < 4.78 is 0. The number of pyridine rings is 1. The van der Waals surface area contributed by atoms with E-state index in [0.717, 1.165) is 16.8 Å². The Morgan fingerprint density at radius 3 is 2.60 bits per heavy atom. The van der Waals surface area contributed by atoms with Gasteiger partial charge in [0, 0.05) is 11.8 Å². The molecule has 0 unspecified atom stereocenters. The van der Waals surface area contributed by atoms with Crippen LogP contribution in [0.2, 0.25) is 0 Å². The molecule has 0 radical (unpaired) electrons. The first kappa shape index (κ1) is 11.2. The fourth-order valence-corrected chi connectivity index (χ4v) is 1.18. The standard InChI is InChI=1S/C14H15N/c1-4-7-8-12(5-2)13-9-10-14(6-3)15-11-13/h4-11H,2-3H2,1H3/b7-4-,12-8+. The summed E-state index contributed by atoms with van der Waals surface area (Å²) in [4.78, 5) is 4.24. The Balaban J connectivity index is 3.02. The van der Waals surface area contributed by atoms with Gasteiger partial charge in [0.05, 0.1) is 5.69 Å². The van der Waals surface area contributed by atoms with Crippen molar-refractivity contribution in [3.05, 3.63) is 67.0 Å². The first-order valence-corrected chi connectivity index (χ1v) is 4.86. The van der Waals surface area contributed by atoms with E-state index in [0.29, 0.717) is 0 Å². The number of hydrogen-bond acceptors (Lipinski definition) is 1. The molecule has 0 saturated carbocycles. The molecule has 1 rings (SSSR count). The second-order valence-electron chi connectivity index (χ2n) is 3.03. The third-order valence-electron chi connectivity index (χ3n) is 2.02. The highest BCUT2D eigenvalue weighted by atomic mass is 14.7. The lowest BCUT2D eigenvalue weighted by molar-refractivity contribution is 1.28. The zero-order valence-corrected chi connectivity index (χ0v) is 8.98. The van der Waals surface area contributed by atoms with Gasteiger partial charge in [-0.05, 0) is 24.6 Å². The number of hydrogen-bond donors (Lipinski definition) is 0. The van der Waals surface area contributed by atoms with Crippen molar-refractivity contribution in [1.82, 2.24) is 4.98 Å². The van der Waals surface area contributed by atoms with Crippen molar-refractivity contribution >= 4 is 11.6 Å². The third kappa shape index (κ3) is 3.06. The minimum atomic E-state index is 0.883. The maximum Gasteiger partial charge on any atom is 0.0624 e. The molecule has 0 aliphatic carbocycles. The summed E-state index contributed by atoms with van der Waals surface area (Å²) in [5.41, 5.74) is 3.01. The minimum Gasteiger partial charge on any atom is -0.256 e. The number of nitrogens with zero attached hydrogens (tertiary/aromatic N) is 1.